The minimum Gasteiger partial charge on any atom is -0.375 e. The normalized spacial score (nSPS) is 31.7. The maximum atomic E-state index is 5.99. The van der Waals surface area contributed by atoms with Crippen molar-refractivity contribution in [3.05, 3.63) is 0 Å². The van der Waals surface area contributed by atoms with Crippen molar-refractivity contribution < 1.29 is 4.74 Å². The lowest BCUT2D eigenvalue weighted by molar-refractivity contribution is -0.104. The summed E-state index contributed by atoms with van der Waals surface area (Å²) in [5, 5.41) is 3.73. The Morgan fingerprint density at radius 2 is 2.05 bits per heavy atom. The number of ether oxygens (including phenoxy) is 1. The van der Waals surface area contributed by atoms with Crippen LogP contribution in [0.25, 0.3) is 0 Å². The van der Waals surface area contributed by atoms with Gasteiger partial charge in [0.1, 0.15) is 0 Å². The van der Waals surface area contributed by atoms with Gasteiger partial charge in [0, 0.05) is 24.7 Å². The van der Waals surface area contributed by atoms with E-state index in [4.69, 9.17) is 4.74 Å². The van der Waals surface area contributed by atoms with E-state index >= 15 is 0 Å². The van der Waals surface area contributed by atoms with Gasteiger partial charge in [-0.15, -0.1) is 0 Å². The topological polar surface area (TPSA) is 24.5 Å². The summed E-state index contributed by atoms with van der Waals surface area (Å²) in [6, 6.07) is 1.93. The fraction of sp³-hybridized carbons (Fsp3) is 1.00. The summed E-state index contributed by atoms with van der Waals surface area (Å²) in [4.78, 5) is 2.74. The molecule has 1 heterocycles. The molecule has 1 N–H and O–H groups in total. The van der Waals surface area contributed by atoms with Gasteiger partial charge in [-0.3, -0.25) is 4.90 Å². The summed E-state index contributed by atoms with van der Waals surface area (Å²) in [6.45, 7) is 10.1. The molecule has 0 aromatic carbocycles. The molecule has 2 rings (SSSR count). The molecule has 1 saturated heterocycles. The van der Waals surface area contributed by atoms with Crippen molar-refractivity contribution in [2.24, 2.45) is 0 Å². The van der Waals surface area contributed by atoms with Crippen molar-refractivity contribution in [1.82, 2.24) is 10.2 Å². The molecule has 0 spiro atoms. The standard InChI is InChI=1S/C16H32N2O/c1-4-10-17-14(5-2)13(3)18-11-12-19-16-9-7-6-8-15(16)18/h13-17H,4-12H2,1-3H3. The Bertz CT molecular complexity index is 257. The number of nitrogens with one attached hydrogen (secondary N) is 1. The van der Waals surface area contributed by atoms with E-state index in [2.05, 4.69) is 31.0 Å². The van der Waals surface area contributed by atoms with Crippen LogP contribution < -0.4 is 5.32 Å². The van der Waals surface area contributed by atoms with Crippen molar-refractivity contribution in [3.8, 4) is 0 Å². The number of nitrogens with zero attached hydrogens (tertiary/aromatic N) is 1. The van der Waals surface area contributed by atoms with Gasteiger partial charge in [-0.1, -0.05) is 26.7 Å². The minimum absolute atomic E-state index is 0.508. The number of rotatable bonds is 6. The molecule has 112 valence electrons. The Hall–Kier alpha value is -0.120. The highest BCUT2D eigenvalue weighted by Gasteiger charge is 2.37. The number of hydrogen-bond acceptors (Lipinski definition) is 3. The predicted octanol–water partition coefficient (Wildman–Crippen LogP) is 2.80. The largest absolute Gasteiger partial charge is 0.375 e. The van der Waals surface area contributed by atoms with Crippen LogP contribution in [0.3, 0.4) is 0 Å². The fourth-order valence-corrected chi connectivity index (χ4v) is 3.85. The Labute approximate surface area is 119 Å². The first-order valence-corrected chi connectivity index (χ1v) is 8.38. The summed E-state index contributed by atoms with van der Waals surface area (Å²) in [7, 11) is 0. The zero-order valence-corrected chi connectivity index (χ0v) is 13.0. The average Bonchev–Trinajstić information content (AvgIpc) is 2.47. The first-order valence-electron chi connectivity index (χ1n) is 8.38. The number of hydrogen-bond donors (Lipinski definition) is 1. The molecule has 4 atom stereocenters. The lowest BCUT2D eigenvalue weighted by Gasteiger charge is -2.48. The van der Waals surface area contributed by atoms with Crippen molar-refractivity contribution in [1.29, 1.82) is 0 Å². The second-order valence-electron chi connectivity index (χ2n) is 6.21. The molecule has 2 aliphatic rings. The minimum atomic E-state index is 0.508. The summed E-state index contributed by atoms with van der Waals surface area (Å²) < 4.78 is 5.99. The molecule has 0 bridgehead atoms. The molecule has 1 aliphatic heterocycles. The molecule has 3 heteroatoms. The monoisotopic (exact) mass is 268 g/mol. The highest BCUT2D eigenvalue weighted by molar-refractivity contribution is 4.92. The maximum absolute atomic E-state index is 5.99. The van der Waals surface area contributed by atoms with Crippen LogP contribution in [0.4, 0.5) is 0 Å². The summed E-state index contributed by atoms with van der Waals surface area (Å²) in [5.41, 5.74) is 0. The molecule has 0 aromatic heterocycles. The number of fused-ring (bicyclic) bond motifs is 1. The molecule has 2 fully saturated rings. The highest BCUT2D eigenvalue weighted by Crippen LogP contribution is 2.30. The quantitative estimate of drug-likeness (QED) is 0.801. The fourth-order valence-electron chi connectivity index (χ4n) is 3.85. The molecule has 1 aliphatic carbocycles. The highest BCUT2D eigenvalue weighted by atomic mass is 16.5. The van der Waals surface area contributed by atoms with Gasteiger partial charge in [0.25, 0.3) is 0 Å². The summed E-state index contributed by atoms with van der Waals surface area (Å²) in [6.07, 6.45) is 8.29. The molecular weight excluding hydrogens is 236 g/mol. The van der Waals surface area contributed by atoms with Crippen molar-refractivity contribution in [3.63, 3.8) is 0 Å². The van der Waals surface area contributed by atoms with Gasteiger partial charge in [0.15, 0.2) is 0 Å². The third-order valence-electron chi connectivity index (χ3n) is 4.98. The Morgan fingerprint density at radius 3 is 2.79 bits per heavy atom. The molecule has 19 heavy (non-hydrogen) atoms. The Kier molecular flexibility index (Phi) is 6.11. The maximum Gasteiger partial charge on any atom is 0.0731 e. The van der Waals surface area contributed by atoms with Crippen molar-refractivity contribution in [2.75, 3.05) is 19.7 Å². The smallest absolute Gasteiger partial charge is 0.0731 e. The van der Waals surface area contributed by atoms with Gasteiger partial charge in [-0.2, -0.15) is 0 Å². The van der Waals surface area contributed by atoms with Gasteiger partial charge in [0.05, 0.1) is 12.7 Å². The van der Waals surface area contributed by atoms with E-state index in [1.165, 1.54) is 38.5 Å². The first-order chi connectivity index (χ1) is 9.27. The zero-order chi connectivity index (χ0) is 13.7. The number of morpholine rings is 1. The lowest BCUT2D eigenvalue weighted by atomic mass is 9.88. The van der Waals surface area contributed by atoms with Gasteiger partial charge in [0.2, 0.25) is 0 Å². The molecule has 3 nitrogen and oxygen atoms in total. The van der Waals surface area contributed by atoms with E-state index in [9.17, 15) is 0 Å². The van der Waals surface area contributed by atoms with E-state index in [1.807, 2.05) is 0 Å². The van der Waals surface area contributed by atoms with Gasteiger partial charge in [-0.05, 0) is 39.2 Å². The second kappa shape index (κ2) is 7.61. The SMILES string of the molecule is CCCNC(CC)C(C)N1CCOC2CCCCC21. The van der Waals surface area contributed by atoms with Crippen LogP contribution in [-0.4, -0.2) is 48.8 Å². The van der Waals surface area contributed by atoms with E-state index < -0.39 is 0 Å². The molecule has 4 unspecified atom stereocenters. The van der Waals surface area contributed by atoms with Crippen LogP contribution in [0.5, 0.6) is 0 Å². The van der Waals surface area contributed by atoms with Crippen molar-refractivity contribution >= 4 is 0 Å². The Morgan fingerprint density at radius 1 is 1.26 bits per heavy atom. The van der Waals surface area contributed by atoms with Crippen LogP contribution in [-0.2, 0) is 4.74 Å². The summed E-state index contributed by atoms with van der Waals surface area (Å²) in [5.74, 6) is 0. The van der Waals surface area contributed by atoms with E-state index in [1.54, 1.807) is 0 Å². The molecule has 0 aromatic rings. The van der Waals surface area contributed by atoms with Crippen molar-refractivity contribution in [2.45, 2.75) is 83.5 Å². The van der Waals surface area contributed by atoms with Gasteiger partial charge in [-0.25, -0.2) is 0 Å². The van der Waals surface area contributed by atoms with Crippen LogP contribution in [0, 0.1) is 0 Å². The third kappa shape index (κ3) is 3.71. The van der Waals surface area contributed by atoms with Crippen LogP contribution in [0.1, 0.15) is 59.3 Å². The molecule has 0 amide bonds. The second-order valence-corrected chi connectivity index (χ2v) is 6.21. The summed E-state index contributed by atoms with van der Waals surface area (Å²) >= 11 is 0. The average molecular weight is 268 g/mol. The van der Waals surface area contributed by atoms with Gasteiger partial charge < -0.3 is 10.1 Å². The van der Waals surface area contributed by atoms with Crippen LogP contribution in [0.15, 0.2) is 0 Å². The zero-order valence-electron chi connectivity index (χ0n) is 13.0. The van der Waals surface area contributed by atoms with Crippen LogP contribution >= 0.6 is 0 Å². The van der Waals surface area contributed by atoms with E-state index in [0.717, 1.165) is 19.7 Å². The lowest BCUT2D eigenvalue weighted by Crippen LogP contribution is -2.60. The van der Waals surface area contributed by atoms with E-state index in [-0.39, 0.29) is 0 Å². The molecule has 0 radical (unpaired) electrons. The van der Waals surface area contributed by atoms with Crippen LogP contribution in [0.2, 0.25) is 0 Å². The Balaban J connectivity index is 1.96. The molecule has 1 saturated carbocycles. The van der Waals surface area contributed by atoms with E-state index in [0.29, 0.717) is 24.2 Å². The third-order valence-corrected chi connectivity index (χ3v) is 4.98. The molecular formula is C16H32N2O. The van der Waals surface area contributed by atoms with Gasteiger partial charge >= 0.3 is 0 Å². The predicted molar refractivity (Wildman–Crippen MR) is 80.5 cm³/mol. The first kappa shape index (κ1) is 15.3.